The van der Waals surface area contributed by atoms with Gasteiger partial charge in [-0.3, -0.25) is 4.79 Å². The van der Waals surface area contributed by atoms with E-state index in [2.05, 4.69) is 19.1 Å². The monoisotopic (exact) mass is 430 g/mol. The van der Waals surface area contributed by atoms with Crippen LogP contribution in [0.5, 0.6) is 0 Å². The number of carbonyl (C=O) groups excluding carboxylic acids is 2. The predicted molar refractivity (Wildman–Crippen MR) is 116 cm³/mol. The molecular formula is C25H43NaO4. The molecule has 0 amide bonds. The Morgan fingerprint density at radius 2 is 1.30 bits per heavy atom. The molecule has 1 saturated carbocycles. The summed E-state index contributed by atoms with van der Waals surface area (Å²) in [5.74, 6) is -2.59. The van der Waals surface area contributed by atoms with E-state index in [9.17, 15) is 14.7 Å². The summed E-state index contributed by atoms with van der Waals surface area (Å²) in [7, 11) is 0. The van der Waals surface area contributed by atoms with Crippen LogP contribution in [0.25, 0.3) is 0 Å². The number of ether oxygens (including phenoxy) is 1. The fourth-order valence-corrected chi connectivity index (χ4v) is 4.21. The van der Waals surface area contributed by atoms with Gasteiger partial charge in [-0.1, -0.05) is 89.7 Å². The molecule has 0 radical (unpaired) electrons. The van der Waals surface area contributed by atoms with E-state index in [1.165, 1.54) is 64.2 Å². The Balaban J connectivity index is 0.00000841. The number of aliphatic carboxylic acids is 1. The number of hydrogen-bond donors (Lipinski definition) is 0. The number of unbranched alkanes of at least 4 members (excludes halogenated alkanes) is 11. The number of carboxylic acids is 1. The topological polar surface area (TPSA) is 66.4 Å². The molecule has 30 heavy (non-hydrogen) atoms. The third kappa shape index (κ3) is 14.6. The van der Waals surface area contributed by atoms with Crippen molar-refractivity contribution in [1.82, 2.24) is 0 Å². The Morgan fingerprint density at radius 1 is 0.800 bits per heavy atom. The molecule has 1 rings (SSSR count). The van der Waals surface area contributed by atoms with Crippen LogP contribution in [0.4, 0.5) is 0 Å². The molecule has 0 N–H and O–H groups in total. The van der Waals surface area contributed by atoms with Crippen molar-refractivity contribution in [2.45, 2.75) is 116 Å². The third-order valence-electron chi connectivity index (χ3n) is 6.03. The number of esters is 1. The summed E-state index contributed by atoms with van der Waals surface area (Å²) < 4.78 is 5.34. The molecule has 1 aliphatic carbocycles. The molecule has 0 heterocycles. The summed E-state index contributed by atoms with van der Waals surface area (Å²) in [5, 5.41) is 11.2. The Hall–Kier alpha value is -0.320. The van der Waals surface area contributed by atoms with Gasteiger partial charge in [-0.05, 0) is 38.5 Å². The van der Waals surface area contributed by atoms with Crippen molar-refractivity contribution in [1.29, 1.82) is 0 Å². The zero-order valence-electron chi connectivity index (χ0n) is 19.7. The zero-order chi connectivity index (χ0) is 21.2. The van der Waals surface area contributed by atoms with Crippen molar-refractivity contribution in [3.63, 3.8) is 0 Å². The largest absolute Gasteiger partial charge is 1.00 e. The maximum atomic E-state index is 12.1. The minimum Gasteiger partial charge on any atom is -0.550 e. The zero-order valence-corrected chi connectivity index (χ0v) is 21.7. The first kappa shape index (κ1) is 29.7. The predicted octanol–water partition coefficient (Wildman–Crippen LogP) is 2.74. The SMILES string of the molecule is CC/C=C/CCCCCCCCCCCCCOC(=O)C1CCCCC1C(=O)[O-].[Na+]. The van der Waals surface area contributed by atoms with Crippen molar-refractivity contribution < 1.29 is 49.0 Å². The molecule has 168 valence electrons. The molecule has 0 spiro atoms. The van der Waals surface area contributed by atoms with E-state index in [1.54, 1.807) is 0 Å². The summed E-state index contributed by atoms with van der Waals surface area (Å²) >= 11 is 0. The summed E-state index contributed by atoms with van der Waals surface area (Å²) in [4.78, 5) is 23.3. The van der Waals surface area contributed by atoms with Crippen LogP contribution in [0.1, 0.15) is 116 Å². The first-order valence-electron chi connectivity index (χ1n) is 12.2. The van der Waals surface area contributed by atoms with Gasteiger partial charge in [0.1, 0.15) is 0 Å². The molecule has 0 aromatic rings. The van der Waals surface area contributed by atoms with Crippen LogP contribution >= 0.6 is 0 Å². The van der Waals surface area contributed by atoms with Crippen LogP contribution in [0, 0.1) is 11.8 Å². The molecule has 2 unspecified atom stereocenters. The first-order valence-corrected chi connectivity index (χ1v) is 12.2. The molecule has 2 atom stereocenters. The maximum Gasteiger partial charge on any atom is 1.00 e. The number of carbonyl (C=O) groups is 2. The average Bonchev–Trinajstić information content (AvgIpc) is 2.73. The van der Waals surface area contributed by atoms with E-state index in [0.717, 1.165) is 32.1 Å². The fraction of sp³-hybridized carbons (Fsp3) is 0.840. The van der Waals surface area contributed by atoms with E-state index in [4.69, 9.17) is 4.74 Å². The van der Waals surface area contributed by atoms with Crippen molar-refractivity contribution >= 4 is 11.9 Å². The minimum atomic E-state index is -1.10. The van der Waals surface area contributed by atoms with E-state index in [1.807, 2.05) is 0 Å². The smallest absolute Gasteiger partial charge is 0.550 e. The van der Waals surface area contributed by atoms with Gasteiger partial charge in [-0.25, -0.2) is 0 Å². The van der Waals surface area contributed by atoms with Crippen LogP contribution in [0.3, 0.4) is 0 Å². The summed E-state index contributed by atoms with van der Waals surface area (Å²) in [6.45, 7) is 2.60. The van der Waals surface area contributed by atoms with Gasteiger partial charge >= 0.3 is 35.5 Å². The van der Waals surface area contributed by atoms with Crippen molar-refractivity contribution in [3.05, 3.63) is 12.2 Å². The van der Waals surface area contributed by atoms with Gasteiger partial charge < -0.3 is 14.6 Å². The number of allylic oxidation sites excluding steroid dienone is 2. The standard InChI is InChI=1S/C25H44O4.Na/c1-2-3-4-5-6-7-8-9-10-11-12-13-14-15-18-21-29-25(28)23-20-17-16-19-22(23)24(26)27;/h3-4,22-23H,2,5-21H2,1H3,(H,26,27);/q;+1/p-1/b4-3+;. The van der Waals surface area contributed by atoms with Gasteiger partial charge in [0, 0.05) is 11.9 Å². The molecule has 5 heteroatoms. The third-order valence-corrected chi connectivity index (χ3v) is 6.03. The number of carboxylic acid groups (broad SMARTS) is 1. The Kier molecular flexibility index (Phi) is 20.4. The Morgan fingerprint density at radius 3 is 1.83 bits per heavy atom. The molecule has 4 nitrogen and oxygen atoms in total. The molecule has 0 bridgehead atoms. The van der Waals surface area contributed by atoms with Gasteiger partial charge in [-0.2, -0.15) is 0 Å². The van der Waals surface area contributed by atoms with Crippen molar-refractivity contribution in [3.8, 4) is 0 Å². The number of rotatable bonds is 17. The van der Waals surface area contributed by atoms with Gasteiger partial charge in [0.05, 0.1) is 12.5 Å². The molecule has 0 aromatic heterocycles. The Labute approximate surface area is 206 Å². The molecule has 1 fully saturated rings. The van der Waals surface area contributed by atoms with E-state index in [0.29, 0.717) is 19.4 Å². The quantitative estimate of drug-likeness (QED) is 0.154. The average molecular weight is 431 g/mol. The van der Waals surface area contributed by atoms with Crippen LogP contribution in [-0.2, 0) is 14.3 Å². The Bertz CT molecular complexity index is 464. The molecule has 1 aliphatic rings. The summed E-state index contributed by atoms with van der Waals surface area (Å²) in [6.07, 6.45) is 23.7. The maximum absolute atomic E-state index is 12.1. The van der Waals surface area contributed by atoms with Crippen LogP contribution in [0.2, 0.25) is 0 Å². The summed E-state index contributed by atoms with van der Waals surface area (Å²) in [5.41, 5.74) is 0. The molecule has 0 aliphatic heterocycles. The van der Waals surface area contributed by atoms with Gasteiger partial charge in [0.25, 0.3) is 0 Å². The van der Waals surface area contributed by atoms with Crippen LogP contribution < -0.4 is 34.7 Å². The first-order chi connectivity index (χ1) is 14.2. The van der Waals surface area contributed by atoms with Crippen LogP contribution in [-0.4, -0.2) is 18.5 Å². The fourth-order valence-electron chi connectivity index (χ4n) is 4.21. The second-order valence-electron chi connectivity index (χ2n) is 8.54. The van der Waals surface area contributed by atoms with E-state index in [-0.39, 0.29) is 35.5 Å². The molecule has 0 aromatic carbocycles. The van der Waals surface area contributed by atoms with E-state index >= 15 is 0 Å². The van der Waals surface area contributed by atoms with Crippen LogP contribution in [0.15, 0.2) is 12.2 Å². The normalized spacial score (nSPS) is 18.8. The minimum absolute atomic E-state index is 0. The van der Waals surface area contributed by atoms with Crippen molar-refractivity contribution in [2.24, 2.45) is 11.8 Å². The molecular weight excluding hydrogens is 387 g/mol. The van der Waals surface area contributed by atoms with Gasteiger partial charge in [0.15, 0.2) is 0 Å². The molecule has 0 saturated heterocycles. The summed E-state index contributed by atoms with van der Waals surface area (Å²) in [6, 6.07) is 0. The van der Waals surface area contributed by atoms with Gasteiger partial charge in [0.2, 0.25) is 0 Å². The van der Waals surface area contributed by atoms with E-state index < -0.39 is 17.8 Å². The number of hydrogen-bond acceptors (Lipinski definition) is 4. The van der Waals surface area contributed by atoms with Gasteiger partial charge in [-0.15, -0.1) is 0 Å². The second kappa shape index (κ2) is 20.6. The second-order valence-corrected chi connectivity index (χ2v) is 8.54. The van der Waals surface area contributed by atoms with Crippen molar-refractivity contribution in [2.75, 3.05) is 6.61 Å².